The Labute approximate surface area is 146 Å². The van der Waals surface area contributed by atoms with Crippen molar-refractivity contribution >= 4 is 23.1 Å². The SMILES string of the molecule is CC(=O)c1cccc(N[C@@H](C)C(=O)Nc2ccc3c(c2)OCCO3)c1. The van der Waals surface area contributed by atoms with Crippen molar-refractivity contribution in [3.05, 3.63) is 48.0 Å². The Kier molecular flexibility index (Phi) is 4.88. The maximum absolute atomic E-state index is 12.4. The van der Waals surface area contributed by atoms with Crippen molar-refractivity contribution in [2.24, 2.45) is 0 Å². The first-order valence-corrected chi connectivity index (χ1v) is 8.11. The summed E-state index contributed by atoms with van der Waals surface area (Å²) in [5.74, 6) is 1.09. The van der Waals surface area contributed by atoms with E-state index in [-0.39, 0.29) is 11.7 Å². The molecule has 0 saturated heterocycles. The molecule has 6 heteroatoms. The number of Topliss-reactive ketones (excluding diaryl/α,β-unsaturated/α-hetero) is 1. The number of ether oxygens (including phenoxy) is 2. The number of carbonyl (C=O) groups excluding carboxylic acids is 2. The number of rotatable bonds is 5. The Balaban J connectivity index is 1.64. The van der Waals surface area contributed by atoms with E-state index in [0.717, 1.165) is 5.69 Å². The fraction of sp³-hybridized carbons (Fsp3) is 0.263. The number of benzene rings is 2. The monoisotopic (exact) mass is 340 g/mol. The zero-order valence-electron chi connectivity index (χ0n) is 14.2. The Hall–Kier alpha value is -3.02. The van der Waals surface area contributed by atoms with Crippen LogP contribution in [-0.4, -0.2) is 30.9 Å². The maximum atomic E-state index is 12.4. The van der Waals surface area contributed by atoms with Crippen molar-refractivity contribution in [3.8, 4) is 11.5 Å². The van der Waals surface area contributed by atoms with E-state index in [1.807, 2.05) is 6.07 Å². The molecule has 1 atom stereocenters. The first-order valence-electron chi connectivity index (χ1n) is 8.11. The zero-order valence-corrected chi connectivity index (χ0v) is 14.2. The third-order valence-corrected chi connectivity index (χ3v) is 3.86. The average molecular weight is 340 g/mol. The Morgan fingerprint density at radius 2 is 1.76 bits per heavy atom. The van der Waals surface area contributed by atoms with E-state index < -0.39 is 6.04 Å². The van der Waals surface area contributed by atoms with Gasteiger partial charge in [-0.15, -0.1) is 0 Å². The van der Waals surface area contributed by atoms with Gasteiger partial charge in [0.2, 0.25) is 5.91 Å². The van der Waals surface area contributed by atoms with E-state index in [1.165, 1.54) is 6.92 Å². The molecule has 130 valence electrons. The van der Waals surface area contributed by atoms with Crippen molar-refractivity contribution in [3.63, 3.8) is 0 Å². The number of hydrogen-bond donors (Lipinski definition) is 2. The second-order valence-corrected chi connectivity index (χ2v) is 5.85. The van der Waals surface area contributed by atoms with Crippen LogP contribution in [0.4, 0.5) is 11.4 Å². The van der Waals surface area contributed by atoms with Gasteiger partial charge < -0.3 is 20.1 Å². The first-order chi connectivity index (χ1) is 12.0. The number of fused-ring (bicyclic) bond motifs is 1. The van der Waals surface area contributed by atoms with Crippen LogP contribution in [0, 0.1) is 0 Å². The molecule has 3 rings (SSSR count). The minimum absolute atomic E-state index is 0.0166. The molecule has 1 aliphatic heterocycles. The van der Waals surface area contributed by atoms with E-state index in [9.17, 15) is 9.59 Å². The summed E-state index contributed by atoms with van der Waals surface area (Å²) in [6.07, 6.45) is 0. The number of ketones is 1. The number of amides is 1. The van der Waals surface area contributed by atoms with Crippen LogP contribution >= 0.6 is 0 Å². The second kappa shape index (κ2) is 7.25. The topological polar surface area (TPSA) is 76.7 Å². The quantitative estimate of drug-likeness (QED) is 0.818. The van der Waals surface area contributed by atoms with Crippen LogP contribution in [0.5, 0.6) is 11.5 Å². The molecule has 0 aromatic heterocycles. The smallest absolute Gasteiger partial charge is 0.246 e. The van der Waals surface area contributed by atoms with Crippen molar-refractivity contribution in [2.45, 2.75) is 19.9 Å². The second-order valence-electron chi connectivity index (χ2n) is 5.85. The molecule has 0 saturated carbocycles. The highest BCUT2D eigenvalue weighted by atomic mass is 16.6. The highest BCUT2D eigenvalue weighted by Crippen LogP contribution is 2.32. The van der Waals surface area contributed by atoms with Crippen LogP contribution in [0.2, 0.25) is 0 Å². The molecular weight excluding hydrogens is 320 g/mol. The van der Waals surface area contributed by atoms with Gasteiger partial charge in [-0.05, 0) is 38.1 Å². The van der Waals surface area contributed by atoms with Gasteiger partial charge in [0.05, 0.1) is 0 Å². The lowest BCUT2D eigenvalue weighted by Crippen LogP contribution is -2.32. The molecule has 0 fully saturated rings. The number of hydrogen-bond acceptors (Lipinski definition) is 5. The summed E-state index contributed by atoms with van der Waals surface area (Å²) in [5.41, 5.74) is 1.96. The highest BCUT2D eigenvalue weighted by Gasteiger charge is 2.16. The van der Waals surface area contributed by atoms with Gasteiger partial charge in [0.25, 0.3) is 0 Å². The van der Waals surface area contributed by atoms with Crippen LogP contribution < -0.4 is 20.1 Å². The predicted molar refractivity (Wildman–Crippen MR) is 95.6 cm³/mol. The van der Waals surface area contributed by atoms with Gasteiger partial charge in [-0.3, -0.25) is 9.59 Å². The van der Waals surface area contributed by atoms with Crippen LogP contribution in [0.1, 0.15) is 24.2 Å². The molecule has 0 radical (unpaired) electrons. The van der Waals surface area contributed by atoms with E-state index >= 15 is 0 Å². The predicted octanol–water partition coefficient (Wildman–Crippen LogP) is 3.10. The summed E-state index contributed by atoms with van der Waals surface area (Å²) in [7, 11) is 0. The van der Waals surface area contributed by atoms with Crippen molar-refractivity contribution in [1.82, 2.24) is 0 Å². The largest absolute Gasteiger partial charge is 0.486 e. The normalized spacial score (nSPS) is 13.7. The van der Waals surface area contributed by atoms with Gasteiger partial charge >= 0.3 is 0 Å². The molecule has 0 unspecified atom stereocenters. The lowest BCUT2D eigenvalue weighted by Gasteiger charge is -2.20. The molecule has 0 bridgehead atoms. The fourth-order valence-corrected chi connectivity index (χ4v) is 2.52. The van der Waals surface area contributed by atoms with Gasteiger partial charge in [0.15, 0.2) is 17.3 Å². The number of nitrogens with one attached hydrogen (secondary N) is 2. The summed E-state index contributed by atoms with van der Waals surface area (Å²) < 4.78 is 11.0. The fourth-order valence-electron chi connectivity index (χ4n) is 2.52. The summed E-state index contributed by atoms with van der Waals surface area (Å²) in [5, 5.41) is 5.94. The summed E-state index contributed by atoms with van der Waals surface area (Å²) >= 11 is 0. The molecule has 2 N–H and O–H groups in total. The lowest BCUT2D eigenvalue weighted by atomic mass is 10.1. The Bertz CT molecular complexity index is 804. The summed E-state index contributed by atoms with van der Waals surface area (Å²) in [6, 6.07) is 11.9. The molecular formula is C19H20N2O4. The summed E-state index contributed by atoms with van der Waals surface area (Å²) in [4.78, 5) is 23.8. The van der Waals surface area contributed by atoms with Gasteiger partial charge in [-0.25, -0.2) is 0 Å². The molecule has 2 aromatic rings. The molecule has 2 aromatic carbocycles. The van der Waals surface area contributed by atoms with Gasteiger partial charge in [-0.1, -0.05) is 12.1 Å². The van der Waals surface area contributed by atoms with Gasteiger partial charge in [0.1, 0.15) is 19.3 Å². The Morgan fingerprint density at radius 1 is 1.00 bits per heavy atom. The number of anilines is 2. The van der Waals surface area contributed by atoms with E-state index in [2.05, 4.69) is 10.6 Å². The third kappa shape index (κ3) is 4.09. The third-order valence-electron chi connectivity index (χ3n) is 3.86. The molecule has 1 amide bonds. The first kappa shape index (κ1) is 16.8. The van der Waals surface area contributed by atoms with Gasteiger partial charge in [0, 0.05) is 23.0 Å². The average Bonchev–Trinajstić information content (AvgIpc) is 2.61. The minimum atomic E-state index is -0.476. The maximum Gasteiger partial charge on any atom is 0.246 e. The number of carbonyl (C=O) groups is 2. The van der Waals surface area contributed by atoms with Crippen LogP contribution in [0.15, 0.2) is 42.5 Å². The van der Waals surface area contributed by atoms with Crippen LogP contribution in [-0.2, 0) is 4.79 Å². The lowest BCUT2D eigenvalue weighted by molar-refractivity contribution is -0.116. The Morgan fingerprint density at radius 3 is 2.52 bits per heavy atom. The summed E-state index contributed by atoms with van der Waals surface area (Å²) in [6.45, 7) is 4.29. The van der Waals surface area contributed by atoms with E-state index in [0.29, 0.717) is 36.0 Å². The van der Waals surface area contributed by atoms with Crippen molar-refractivity contribution in [1.29, 1.82) is 0 Å². The molecule has 1 aliphatic rings. The molecule has 0 aliphatic carbocycles. The van der Waals surface area contributed by atoms with Crippen LogP contribution in [0.25, 0.3) is 0 Å². The molecule has 1 heterocycles. The molecule has 25 heavy (non-hydrogen) atoms. The van der Waals surface area contributed by atoms with Crippen molar-refractivity contribution < 1.29 is 19.1 Å². The van der Waals surface area contributed by atoms with Crippen molar-refractivity contribution in [2.75, 3.05) is 23.8 Å². The highest BCUT2D eigenvalue weighted by molar-refractivity contribution is 5.97. The molecule has 0 spiro atoms. The standard InChI is InChI=1S/C19H20N2O4/c1-12(20-15-5-3-4-14(10-15)13(2)22)19(23)21-16-6-7-17-18(11-16)25-9-8-24-17/h3-7,10-12,20H,8-9H2,1-2H3,(H,21,23)/t12-/m0/s1. The van der Waals surface area contributed by atoms with Crippen LogP contribution in [0.3, 0.4) is 0 Å². The van der Waals surface area contributed by atoms with E-state index in [4.69, 9.17) is 9.47 Å². The zero-order chi connectivity index (χ0) is 17.8. The van der Waals surface area contributed by atoms with E-state index in [1.54, 1.807) is 43.3 Å². The van der Waals surface area contributed by atoms with Gasteiger partial charge in [-0.2, -0.15) is 0 Å². The minimum Gasteiger partial charge on any atom is -0.486 e. The molecule has 6 nitrogen and oxygen atoms in total.